The summed E-state index contributed by atoms with van der Waals surface area (Å²) >= 11 is 0. The highest BCUT2D eigenvalue weighted by Gasteiger charge is 2.22. The highest BCUT2D eigenvalue weighted by Crippen LogP contribution is 2.19. The van der Waals surface area contributed by atoms with Crippen molar-refractivity contribution < 1.29 is 13.6 Å². The minimum Gasteiger partial charge on any atom is -0.305 e. The molecule has 0 spiro atoms. The van der Waals surface area contributed by atoms with Gasteiger partial charge in [0, 0.05) is 5.56 Å². The molecule has 1 aliphatic rings. The van der Waals surface area contributed by atoms with Crippen molar-refractivity contribution in [2.45, 2.75) is 13.8 Å². The van der Waals surface area contributed by atoms with Gasteiger partial charge in [-0.2, -0.15) is 0 Å². The molecule has 0 saturated heterocycles. The van der Waals surface area contributed by atoms with Crippen molar-refractivity contribution in [3.05, 3.63) is 76.0 Å². The van der Waals surface area contributed by atoms with Gasteiger partial charge >= 0.3 is 0 Å². The zero-order chi connectivity index (χ0) is 16.6. The van der Waals surface area contributed by atoms with E-state index >= 15 is 0 Å². The van der Waals surface area contributed by atoms with E-state index in [0.29, 0.717) is 5.56 Å². The molecule has 0 bridgehead atoms. The third kappa shape index (κ3) is 3.04. The zero-order valence-electron chi connectivity index (χ0n) is 12.7. The third-order valence-corrected chi connectivity index (χ3v) is 3.61. The van der Waals surface area contributed by atoms with E-state index in [0.717, 1.165) is 28.8 Å². The van der Waals surface area contributed by atoms with Crippen LogP contribution < -0.4 is 5.32 Å². The summed E-state index contributed by atoms with van der Waals surface area (Å²) in [5.41, 5.74) is 3.60. The van der Waals surface area contributed by atoms with Crippen LogP contribution in [0.2, 0.25) is 0 Å². The number of benzene rings is 2. The van der Waals surface area contributed by atoms with E-state index in [1.807, 2.05) is 32.0 Å². The fourth-order valence-corrected chi connectivity index (χ4v) is 2.38. The van der Waals surface area contributed by atoms with Crippen molar-refractivity contribution in [3.63, 3.8) is 0 Å². The number of amides is 1. The average molecular weight is 312 g/mol. The van der Waals surface area contributed by atoms with Crippen LogP contribution in [0.25, 0.3) is 6.08 Å². The van der Waals surface area contributed by atoms with Gasteiger partial charge < -0.3 is 5.32 Å². The molecular formula is C18H14F2N2O. The summed E-state index contributed by atoms with van der Waals surface area (Å²) < 4.78 is 26.3. The number of nitrogens with zero attached hydrogens (tertiary/aromatic N) is 1. The molecule has 23 heavy (non-hydrogen) atoms. The van der Waals surface area contributed by atoms with Crippen LogP contribution >= 0.6 is 0 Å². The van der Waals surface area contributed by atoms with E-state index in [-0.39, 0.29) is 17.4 Å². The van der Waals surface area contributed by atoms with E-state index in [1.54, 1.807) is 6.08 Å². The van der Waals surface area contributed by atoms with Gasteiger partial charge in [0.15, 0.2) is 11.6 Å². The van der Waals surface area contributed by atoms with Crippen LogP contribution in [0.5, 0.6) is 0 Å². The first-order chi connectivity index (χ1) is 10.9. The maximum absolute atomic E-state index is 13.3. The molecular weight excluding hydrogens is 298 g/mol. The lowest BCUT2D eigenvalue weighted by molar-refractivity contribution is -0.115. The number of halogens is 2. The van der Waals surface area contributed by atoms with Gasteiger partial charge in [-0.15, -0.1) is 0 Å². The molecule has 3 rings (SSSR count). The van der Waals surface area contributed by atoms with Crippen LogP contribution in [0.4, 0.5) is 8.78 Å². The third-order valence-electron chi connectivity index (χ3n) is 3.61. The van der Waals surface area contributed by atoms with E-state index in [2.05, 4.69) is 10.3 Å². The largest absolute Gasteiger partial charge is 0.305 e. The molecule has 1 aliphatic heterocycles. The van der Waals surface area contributed by atoms with Gasteiger partial charge in [-0.1, -0.05) is 23.8 Å². The molecule has 1 N–H and O–H groups in total. The molecule has 0 saturated carbocycles. The second-order valence-electron chi connectivity index (χ2n) is 5.43. The minimum absolute atomic E-state index is 0.213. The van der Waals surface area contributed by atoms with Crippen molar-refractivity contribution in [1.82, 2.24) is 5.32 Å². The molecule has 0 unspecified atom stereocenters. The quantitative estimate of drug-likeness (QED) is 0.847. The smallest absolute Gasteiger partial charge is 0.275 e. The van der Waals surface area contributed by atoms with Gasteiger partial charge in [0.1, 0.15) is 11.5 Å². The molecule has 116 valence electrons. The summed E-state index contributed by atoms with van der Waals surface area (Å²) in [7, 11) is 0. The number of carbonyl (C=O) groups is 1. The molecule has 3 nitrogen and oxygen atoms in total. The Morgan fingerprint density at radius 3 is 2.52 bits per heavy atom. The number of amidine groups is 1. The van der Waals surface area contributed by atoms with Crippen LogP contribution in [0.15, 0.2) is 47.1 Å². The average Bonchev–Trinajstić information content (AvgIpc) is 2.86. The lowest BCUT2D eigenvalue weighted by atomic mass is 10.0. The van der Waals surface area contributed by atoms with E-state index in [4.69, 9.17) is 0 Å². The maximum Gasteiger partial charge on any atom is 0.275 e. The Hall–Kier alpha value is -2.82. The summed E-state index contributed by atoms with van der Waals surface area (Å²) in [4.78, 5) is 16.2. The van der Waals surface area contributed by atoms with Crippen molar-refractivity contribution in [2.75, 3.05) is 0 Å². The van der Waals surface area contributed by atoms with Gasteiger partial charge in [-0.25, -0.2) is 13.8 Å². The Morgan fingerprint density at radius 1 is 1.04 bits per heavy atom. The minimum atomic E-state index is -0.980. The van der Waals surface area contributed by atoms with Gasteiger partial charge in [0.2, 0.25) is 0 Å². The summed E-state index contributed by atoms with van der Waals surface area (Å²) in [5.74, 6) is -2.08. The van der Waals surface area contributed by atoms with E-state index < -0.39 is 11.6 Å². The van der Waals surface area contributed by atoms with Crippen LogP contribution in [-0.2, 0) is 4.79 Å². The number of carbonyl (C=O) groups excluding carboxylic acids is 1. The van der Waals surface area contributed by atoms with Gasteiger partial charge in [0.05, 0.1) is 0 Å². The Balaban J connectivity index is 1.97. The molecule has 0 aromatic heterocycles. The van der Waals surface area contributed by atoms with Crippen LogP contribution in [0.1, 0.15) is 22.3 Å². The first kappa shape index (κ1) is 15.1. The Bertz CT molecular complexity index is 869. The molecule has 0 atom stereocenters. The number of hydrogen-bond donors (Lipinski definition) is 1. The lowest BCUT2D eigenvalue weighted by Crippen LogP contribution is -2.24. The van der Waals surface area contributed by atoms with Gasteiger partial charge in [-0.05, 0) is 49.2 Å². The molecule has 5 heteroatoms. The van der Waals surface area contributed by atoms with Crippen molar-refractivity contribution in [3.8, 4) is 0 Å². The summed E-state index contributed by atoms with van der Waals surface area (Å²) in [6.07, 6.45) is 1.68. The number of nitrogens with one attached hydrogen (secondary N) is 1. The summed E-state index contributed by atoms with van der Waals surface area (Å²) in [6, 6.07) is 9.26. The Labute approximate surface area is 132 Å². The fourth-order valence-electron chi connectivity index (χ4n) is 2.38. The van der Waals surface area contributed by atoms with Crippen LogP contribution in [0, 0.1) is 25.5 Å². The predicted molar refractivity (Wildman–Crippen MR) is 84.9 cm³/mol. The molecule has 2 aromatic carbocycles. The number of rotatable bonds is 2. The highest BCUT2D eigenvalue weighted by atomic mass is 19.2. The molecule has 2 aromatic rings. The predicted octanol–water partition coefficient (Wildman–Crippen LogP) is 3.50. The number of aliphatic imine (C=N–C) groups is 1. The topological polar surface area (TPSA) is 41.5 Å². The summed E-state index contributed by atoms with van der Waals surface area (Å²) in [5, 5.41) is 2.57. The fraction of sp³-hybridized carbons (Fsp3) is 0.111. The first-order valence-electron chi connectivity index (χ1n) is 7.08. The molecule has 1 amide bonds. The second kappa shape index (κ2) is 5.76. The molecule has 0 aliphatic carbocycles. The first-order valence-corrected chi connectivity index (χ1v) is 7.08. The normalized spacial score (nSPS) is 15.7. The molecule has 0 radical (unpaired) electrons. The van der Waals surface area contributed by atoms with Crippen molar-refractivity contribution in [2.24, 2.45) is 4.99 Å². The van der Waals surface area contributed by atoms with Crippen LogP contribution in [0.3, 0.4) is 0 Å². The zero-order valence-corrected chi connectivity index (χ0v) is 12.7. The lowest BCUT2D eigenvalue weighted by Gasteiger charge is -2.01. The number of hydrogen-bond acceptors (Lipinski definition) is 2. The molecule has 0 fully saturated rings. The van der Waals surface area contributed by atoms with Crippen molar-refractivity contribution >= 4 is 17.8 Å². The monoisotopic (exact) mass is 312 g/mol. The molecule has 1 heterocycles. The number of aryl methyl sites for hydroxylation is 2. The standard InChI is InChI=1S/C18H14F2N2O/c1-10-3-4-12(11(2)7-10)9-16-18(23)22-17(21-16)13-5-6-14(19)15(20)8-13/h3-9H,1-2H3,(H,21,22,23)/b16-9-. The van der Waals surface area contributed by atoms with E-state index in [1.165, 1.54) is 6.07 Å². The Kier molecular flexibility index (Phi) is 3.78. The van der Waals surface area contributed by atoms with Gasteiger partial charge in [-0.3, -0.25) is 4.79 Å². The van der Waals surface area contributed by atoms with E-state index in [9.17, 15) is 13.6 Å². The van der Waals surface area contributed by atoms with Crippen LogP contribution in [-0.4, -0.2) is 11.7 Å². The second-order valence-corrected chi connectivity index (χ2v) is 5.43. The Morgan fingerprint density at radius 2 is 1.83 bits per heavy atom. The SMILES string of the molecule is Cc1ccc(/C=C2\N=C(c3ccc(F)c(F)c3)NC2=O)c(C)c1. The van der Waals surface area contributed by atoms with Gasteiger partial charge in [0.25, 0.3) is 5.91 Å². The summed E-state index contributed by atoms with van der Waals surface area (Å²) in [6.45, 7) is 3.94. The van der Waals surface area contributed by atoms with Crippen molar-refractivity contribution in [1.29, 1.82) is 0 Å². The highest BCUT2D eigenvalue weighted by molar-refractivity contribution is 6.19. The maximum atomic E-state index is 13.3.